The van der Waals surface area contributed by atoms with Gasteiger partial charge >= 0.3 is 0 Å². The molecule has 142 valence electrons. The summed E-state index contributed by atoms with van der Waals surface area (Å²) in [6.45, 7) is 3.96. The average Bonchev–Trinajstić information content (AvgIpc) is 3.21. The summed E-state index contributed by atoms with van der Waals surface area (Å²) in [6.07, 6.45) is 1.69. The van der Waals surface area contributed by atoms with Crippen LogP contribution in [0.5, 0.6) is 0 Å². The van der Waals surface area contributed by atoms with Crippen LogP contribution in [-0.4, -0.2) is 30.7 Å². The number of para-hydroxylation sites is 1. The second-order valence-corrected chi connectivity index (χ2v) is 8.14. The fourth-order valence-electron chi connectivity index (χ4n) is 3.23. The second-order valence-electron chi connectivity index (χ2n) is 6.35. The van der Waals surface area contributed by atoms with Crippen LogP contribution >= 0.6 is 35.0 Å². The summed E-state index contributed by atoms with van der Waals surface area (Å²) >= 11 is 13.5. The van der Waals surface area contributed by atoms with Crippen molar-refractivity contribution in [1.29, 1.82) is 0 Å². The minimum Gasteiger partial charge on any atom is -0.318 e. The van der Waals surface area contributed by atoms with Crippen LogP contribution in [0, 0.1) is 13.8 Å². The molecule has 3 aromatic heterocycles. The van der Waals surface area contributed by atoms with E-state index in [2.05, 4.69) is 14.8 Å². The van der Waals surface area contributed by atoms with Crippen LogP contribution in [0.1, 0.15) is 21.7 Å². The van der Waals surface area contributed by atoms with Gasteiger partial charge < -0.3 is 4.57 Å². The molecular formula is C20H16Cl2N4OS. The molecule has 0 aliphatic carbocycles. The van der Waals surface area contributed by atoms with E-state index in [-0.39, 0.29) is 11.5 Å². The van der Waals surface area contributed by atoms with Gasteiger partial charge in [0.25, 0.3) is 0 Å². The zero-order chi connectivity index (χ0) is 19.8. The summed E-state index contributed by atoms with van der Waals surface area (Å²) < 4.78 is 3.79. The minimum absolute atomic E-state index is 0.0326. The van der Waals surface area contributed by atoms with E-state index in [1.165, 1.54) is 11.8 Å². The number of carbonyl (C=O) groups is 1. The van der Waals surface area contributed by atoms with Gasteiger partial charge in [0.05, 0.1) is 15.8 Å². The molecule has 8 heteroatoms. The van der Waals surface area contributed by atoms with Crippen molar-refractivity contribution in [3.8, 4) is 5.69 Å². The number of hydrogen-bond donors (Lipinski definition) is 0. The van der Waals surface area contributed by atoms with E-state index in [1.807, 2.05) is 50.2 Å². The number of pyridine rings is 1. The number of carbonyl (C=O) groups excluding carboxylic acids is 1. The molecule has 3 heterocycles. The number of benzene rings is 1. The Bertz CT molecular complexity index is 1180. The van der Waals surface area contributed by atoms with Gasteiger partial charge in [-0.2, -0.15) is 0 Å². The monoisotopic (exact) mass is 430 g/mol. The molecule has 4 aromatic rings. The smallest absolute Gasteiger partial charge is 0.196 e. The lowest BCUT2D eigenvalue weighted by molar-refractivity contribution is 0.102. The van der Waals surface area contributed by atoms with Gasteiger partial charge in [0.15, 0.2) is 16.6 Å². The third-order valence-corrected chi connectivity index (χ3v) is 5.90. The molecule has 0 saturated heterocycles. The largest absolute Gasteiger partial charge is 0.318 e. The van der Waals surface area contributed by atoms with Crippen molar-refractivity contribution >= 4 is 46.4 Å². The third kappa shape index (κ3) is 3.43. The molecule has 5 nitrogen and oxygen atoms in total. The van der Waals surface area contributed by atoms with Crippen LogP contribution in [0.3, 0.4) is 0 Å². The Morgan fingerprint density at radius 2 is 1.86 bits per heavy atom. The Balaban J connectivity index is 1.59. The maximum absolute atomic E-state index is 12.9. The van der Waals surface area contributed by atoms with Gasteiger partial charge in [0, 0.05) is 28.8 Å². The highest BCUT2D eigenvalue weighted by Crippen LogP contribution is 2.27. The fourth-order valence-corrected chi connectivity index (χ4v) is 4.53. The van der Waals surface area contributed by atoms with Gasteiger partial charge in [-0.15, -0.1) is 10.2 Å². The lowest BCUT2D eigenvalue weighted by Crippen LogP contribution is -2.06. The Labute approximate surface area is 176 Å². The molecule has 4 rings (SSSR count). The number of nitrogens with zero attached hydrogens (tertiary/aromatic N) is 4. The van der Waals surface area contributed by atoms with Crippen LogP contribution in [0.2, 0.25) is 10.0 Å². The van der Waals surface area contributed by atoms with Gasteiger partial charge in [-0.25, -0.2) is 0 Å². The highest BCUT2D eigenvalue weighted by Gasteiger charge is 2.18. The number of rotatable bonds is 5. The molecule has 1 aromatic carbocycles. The first-order chi connectivity index (χ1) is 13.5. The number of ketones is 1. The Kier molecular flexibility index (Phi) is 5.19. The fraction of sp³-hybridized carbons (Fsp3) is 0.150. The molecule has 28 heavy (non-hydrogen) atoms. The highest BCUT2D eigenvalue weighted by molar-refractivity contribution is 7.99. The number of halogens is 2. The average molecular weight is 431 g/mol. The summed E-state index contributed by atoms with van der Waals surface area (Å²) in [5.74, 6) is 0.273. The van der Waals surface area contributed by atoms with Crippen molar-refractivity contribution in [3.05, 3.63) is 75.7 Å². The van der Waals surface area contributed by atoms with E-state index in [0.29, 0.717) is 26.4 Å². The van der Waals surface area contributed by atoms with E-state index in [0.717, 1.165) is 17.1 Å². The Morgan fingerprint density at radius 3 is 2.61 bits per heavy atom. The predicted octanol–water partition coefficient (Wildman–Crippen LogP) is 5.42. The molecule has 0 aliphatic rings. The van der Waals surface area contributed by atoms with Gasteiger partial charge in [0.2, 0.25) is 0 Å². The minimum atomic E-state index is 0.0326. The molecule has 0 aliphatic heterocycles. The first kappa shape index (κ1) is 19.1. The van der Waals surface area contributed by atoms with Crippen LogP contribution in [0.4, 0.5) is 0 Å². The number of aromatic nitrogens is 4. The Morgan fingerprint density at radius 1 is 1.11 bits per heavy atom. The van der Waals surface area contributed by atoms with Crippen molar-refractivity contribution in [1.82, 2.24) is 19.2 Å². The van der Waals surface area contributed by atoms with Gasteiger partial charge in [-0.05, 0) is 38.1 Å². The van der Waals surface area contributed by atoms with E-state index >= 15 is 0 Å². The summed E-state index contributed by atoms with van der Waals surface area (Å²) in [7, 11) is 0. The van der Waals surface area contributed by atoms with Gasteiger partial charge in [-0.1, -0.05) is 53.2 Å². The number of Topliss-reactive ketones (excluding diaryl/α,β-unsaturated/α-hetero) is 1. The zero-order valence-electron chi connectivity index (χ0n) is 15.2. The van der Waals surface area contributed by atoms with Crippen molar-refractivity contribution in [3.63, 3.8) is 0 Å². The SMILES string of the molecule is Cc1cc(C(=O)CSc2nnc3c(Cl)cc(Cl)cn23)c(C)n1-c1ccccc1. The van der Waals surface area contributed by atoms with E-state index in [1.54, 1.807) is 16.7 Å². The van der Waals surface area contributed by atoms with Crippen LogP contribution in [-0.2, 0) is 0 Å². The number of fused-ring (bicyclic) bond motifs is 1. The quantitative estimate of drug-likeness (QED) is 0.313. The second kappa shape index (κ2) is 7.62. The number of thioether (sulfide) groups is 1. The molecule has 0 amide bonds. The van der Waals surface area contributed by atoms with Crippen LogP contribution < -0.4 is 0 Å². The van der Waals surface area contributed by atoms with E-state index in [9.17, 15) is 4.79 Å². The standard InChI is InChI=1S/C20H16Cl2N4OS/c1-12-8-16(13(2)26(12)15-6-4-3-5-7-15)18(27)11-28-20-24-23-19-17(22)9-14(21)10-25(19)20/h3-10H,11H2,1-2H3. The summed E-state index contributed by atoms with van der Waals surface area (Å²) in [6, 6.07) is 13.5. The van der Waals surface area contributed by atoms with Gasteiger partial charge in [-0.3, -0.25) is 9.20 Å². The van der Waals surface area contributed by atoms with Crippen molar-refractivity contribution < 1.29 is 4.79 Å². The maximum Gasteiger partial charge on any atom is 0.196 e. The normalized spacial score (nSPS) is 11.3. The molecule has 0 bridgehead atoms. The van der Waals surface area contributed by atoms with Crippen LogP contribution in [0.15, 0.2) is 53.8 Å². The van der Waals surface area contributed by atoms with E-state index < -0.39 is 0 Å². The van der Waals surface area contributed by atoms with Crippen molar-refractivity contribution in [2.24, 2.45) is 0 Å². The summed E-state index contributed by atoms with van der Waals surface area (Å²) in [5, 5.41) is 9.68. The maximum atomic E-state index is 12.9. The third-order valence-electron chi connectivity index (χ3n) is 4.47. The summed E-state index contributed by atoms with van der Waals surface area (Å²) in [5.41, 5.74) is 4.20. The zero-order valence-corrected chi connectivity index (χ0v) is 17.5. The number of hydrogen-bond acceptors (Lipinski definition) is 4. The topological polar surface area (TPSA) is 52.2 Å². The Hall–Kier alpha value is -2.28. The molecule has 0 saturated carbocycles. The summed E-state index contributed by atoms with van der Waals surface area (Å²) in [4.78, 5) is 12.9. The lowest BCUT2D eigenvalue weighted by atomic mass is 10.2. The molecule has 0 unspecified atom stereocenters. The molecule has 0 N–H and O–H groups in total. The lowest BCUT2D eigenvalue weighted by Gasteiger charge is -2.09. The first-order valence-corrected chi connectivity index (χ1v) is 10.3. The molecule has 0 fully saturated rings. The molecular weight excluding hydrogens is 415 g/mol. The molecule has 0 atom stereocenters. The molecule has 0 spiro atoms. The number of aryl methyl sites for hydroxylation is 1. The molecule has 0 radical (unpaired) electrons. The van der Waals surface area contributed by atoms with Crippen molar-refractivity contribution in [2.75, 3.05) is 5.75 Å². The highest BCUT2D eigenvalue weighted by atomic mass is 35.5. The predicted molar refractivity (Wildman–Crippen MR) is 113 cm³/mol. The first-order valence-electron chi connectivity index (χ1n) is 8.56. The van der Waals surface area contributed by atoms with Gasteiger partial charge in [0.1, 0.15) is 0 Å². The van der Waals surface area contributed by atoms with E-state index in [4.69, 9.17) is 23.2 Å². The van der Waals surface area contributed by atoms with Crippen LogP contribution in [0.25, 0.3) is 11.3 Å². The van der Waals surface area contributed by atoms with Crippen molar-refractivity contribution in [2.45, 2.75) is 19.0 Å².